The second-order valence-electron chi connectivity index (χ2n) is 4.26. The van der Waals surface area contributed by atoms with Crippen LogP contribution in [0.3, 0.4) is 0 Å². The molecular formula is C13H16N2O2. The first kappa shape index (κ1) is 13.0. The number of phenols is 1. The van der Waals surface area contributed by atoms with Gasteiger partial charge in [-0.1, -0.05) is 13.8 Å². The average Bonchev–Trinajstić information content (AvgIpc) is 2.29. The number of hydrogen-bond acceptors (Lipinski definition) is 3. The first-order chi connectivity index (χ1) is 7.97. The Kier molecular flexibility index (Phi) is 4.11. The van der Waals surface area contributed by atoms with E-state index < -0.39 is 5.92 Å². The third-order valence-corrected chi connectivity index (χ3v) is 2.64. The fourth-order valence-corrected chi connectivity index (χ4v) is 1.50. The molecule has 0 aliphatic rings. The number of carbonyl (C=O) groups is 1. The minimum absolute atomic E-state index is 0.0212. The Balaban J connectivity index is 2.90. The van der Waals surface area contributed by atoms with Crippen LogP contribution in [0, 0.1) is 23.2 Å². The van der Waals surface area contributed by atoms with E-state index in [-0.39, 0.29) is 17.6 Å². The van der Waals surface area contributed by atoms with Crippen LogP contribution < -0.4 is 4.90 Å². The maximum Gasteiger partial charge on any atom is 0.244 e. The van der Waals surface area contributed by atoms with Crippen LogP contribution >= 0.6 is 0 Å². The molecule has 0 heterocycles. The summed E-state index contributed by atoms with van der Waals surface area (Å²) in [4.78, 5) is 13.5. The molecule has 1 N–H and O–H groups in total. The van der Waals surface area contributed by atoms with Gasteiger partial charge in [-0.15, -0.1) is 0 Å². The molecule has 1 rings (SSSR count). The molecule has 4 nitrogen and oxygen atoms in total. The van der Waals surface area contributed by atoms with Crippen LogP contribution in [0.1, 0.15) is 13.8 Å². The van der Waals surface area contributed by atoms with Gasteiger partial charge in [-0.3, -0.25) is 4.79 Å². The molecule has 0 fully saturated rings. The molecule has 17 heavy (non-hydrogen) atoms. The molecule has 90 valence electrons. The van der Waals surface area contributed by atoms with Crippen LogP contribution in [-0.2, 0) is 4.79 Å². The highest BCUT2D eigenvalue weighted by Crippen LogP contribution is 2.21. The van der Waals surface area contributed by atoms with Crippen molar-refractivity contribution >= 4 is 11.6 Å². The molecule has 1 atom stereocenters. The zero-order chi connectivity index (χ0) is 13.0. The Morgan fingerprint density at radius 3 is 2.29 bits per heavy atom. The summed E-state index contributed by atoms with van der Waals surface area (Å²) >= 11 is 0. The Morgan fingerprint density at radius 2 is 1.88 bits per heavy atom. The van der Waals surface area contributed by atoms with E-state index in [2.05, 4.69) is 0 Å². The second kappa shape index (κ2) is 5.35. The summed E-state index contributed by atoms with van der Waals surface area (Å²) in [6.07, 6.45) is 0. The van der Waals surface area contributed by atoms with Crippen molar-refractivity contribution in [2.75, 3.05) is 11.9 Å². The van der Waals surface area contributed by atoms with Gasteiger partial charge in [-0.2, -0.15) is 5.26 Å². The molecule has 4 heteroatoms. The van der Waals surface area contributed by atoms with E-state index in [1.807, 2.05) is 19.9 Å². The number of hydrogen-bond donors (Lipinski definition) is 1. The average molecular weight is 232 g/mol. The van der Waals surface area contributed by atoms with Crippen molar-refractivity contribution in [2.24, 2.45) is 11.8 Å². The van der Waals surface area contributed by atoms with Gasteiger partial charge in [0.05, 0.1) is 6.07 Å². The number of amides is 1. The van der Waals surface area contributed by atoms with Crippen molar-refractivity contribution in [3.05, 3.63) is 24.3 Å². The van der Waals surface area contributed by atoms with Crippen molar-refractivity contribution in [3.63, 3.8) is 0 Å². The van der Waals surface area contributed by atoms with Gasteiger partial charge in [-0.05, 0) is 30.2 Å². The summed E-state index contributed by atoms with van der Waals surface area (Å²) in [6.45, 7) is 3.69. The number of aromatic hydroxyl groups is 1. The molecule has 0 aliphatic heterocycles. The van der Waals surface area contributed by atoms with E-state index in [9.17, 15) is 4.79 Å². The number of nitriles is 1. The van der Waals surface area contributed by atoms with E-state index in [0.717, 1.165) is 0 Å². The lowest BCUT2D eigenvalue weighted by Crippen LogP contribution is -2.34. The van der Waals surface area contributed by atoms with Gasteiger partial charge in [0.1, 0.15) is 11.7 Å². The minimum Gasteiger partial charge on any atom is -0.508 e. The topological polar surface area (TPSA) is 64.3 Å². The zero-order valence-electron chi connectivity index (χ0n) is 10.2. The van der Waals surface area contributed by atoms with Crippen LogP contribution in [0.2, 0.25) is 0 Å². The van der Waals surface area contributed by atoms with Crippen LogP contribution in [-0.4, -0.2) is 18.1 Å². The Hall–Kier alpha value is -2.02. The predicted octanol–water partition coefficient (Wildman–Crippen LogP) is 2.15. The molecular weight excluding hydrogens is 216 g/mol. The van der Waals surface area contributed by atoms with Gasteiger partial charge in [0.15, 0.2) is 0 Å². The van der Waals surface area contributed by atoms with Gasteiger partial charge in [-0.25, -0.2) is 0 Å². The van der Waals surface area contributed by atoms with Gasteiger partial charge in [0.25, 0.3) is 0 Å². The van der Waals surface area contributed by atoms with E-state index in [1.54, 1.807) is 19.2 Å². The molecule has 0 bridgehead atoms. The molecule has 1 aromatic carbocycles. The first-order valence-electron chi connectivity index (χ1n) is 5.43. The lowest BCUT2D eigenvalue weighted by molar-refractivity contribution is -0.121. The van der Waals surface area contributed by atoms with E-state index in [0.29, 0.717) is 5.69 Å². The lowest BCUT2D eigenvalue weighted by atomic mass is 9.96. The summed E-state index contributed by atoms with van der Waals surface area (Å²) in [6, 6.07) is 8.32. The normalized spacial score (nSPS) is 11.9. The predicted molar refractivity (Wildman–Crippen MR) is 65.5 cm³/mol. The highest BCUT2D eigenvalue weighted by atomic mass is 16.3. The summed E-state index contributed by atoms with van der Waals surface area (Å²) < 4.78 is 0. The highest BCUT2D eigenvalue weighted by Gasteiger charge is 2.25. The van der Waals surface area contributed by atoms with Crippen molar-refractivity contribution in [2.45, 2.75) is 13.8 Å². The maximum absolute atomic E-state index is 12.0. The Labute approximate surface area is 101 Å². The van der Waals surface area contributed by atoms with Crippen LogP contribution in [0.25, 0.3) is 0 Å². The minimum atomic E-state index is -0.645. The third kappa shape index (κ3) is 2.97. The fraction of sp³-hybridized carbons (Fsp3) is 0.385. The molecule has 0 aromatic heterocycles. The third-order valence-electron chi connectivity index (χ3n) is 2.64. The maximum atomic E-state index is 12.0. The van der Waals surface area contributed by atoms with Crippen molar-refractivity contribution in [1.82, 2.24) is 0 Å². The van der Waals surface area contributed by atoms with Crippen molar-refractivity contribution < 1.29 is 9.90 Å². The number of phenolic OH excluding ortho intramolecular Hbond substituents is 1. The Bertz CT molecular complexity index is 432. The zero-order valence-corrected chi connectivity index (χ0v) is 10.2. The van der Waals surface area contributed by atoms with E-state index in [4.69, 9.17) is 10.4 Å². The monoisotopic (exact) mass is 232 g/mol. The highest BCUT2D eigenvalue weighted by molar-refractivity contribution is 5.96. The van der Waals surface area contributed by atoms with Gasteiger partial charge >= 0.3 is 0 Å². The number of carbonyl (C=O) groups excluding carboxylic acids is 1. The molecule has 0 saturated heterocycles. The van der Waals surface area contributed by atoms with Crippen LogP contribution in [0.15, 0.2) is 24.3 Å². The molecule has 1 aromatic rings. The van der Waals surface area contributed by atoms with Gasteiger partial charge in [0, 0.05) is 12.7 Å². The summed E-state index contributed by atoms with van der Waals surface area (Å²) in [7, 11) is 1.63. The van der Waals surface area contributed by atoms with Gasteiger partial charge < -0.3 is 10.0 Å². The fourth-order valence-electron chi connectivity index (χ4n) is 1.50. The smallest absolute Gasteiger partial charge is 0.244 e. The largest absolute Gasteiger partial charge is 0.508 e. The standard InChI is InChI=1S/C13H16N2O2/c1-9(2)12(8-14)13(17)15(3)10-4-6-11(16)7-5-10/h4-7,9,12,16H,1-3H3. The summed E-state index contributed by atoms with van der Waals surface area (Å²) in [5.41, 5.74) is 0.661. The Morgan fingerprint density at radius 1 is 1.35 bits per heavy atom. The number of anilines is 1. The quantitative estimate of drug-likeness (QED) is 0.868. The molecule has 0 spiro atoms. The first-order valence-corrected chi connectivity index (χ1v) is 5.43. The molecule has 0 aliphatic carbocycles. The second-order valence-corrected chi connectivity index (χ2v) is 4.26. The number of benzene rings is 1. The molecule has 0 radical (unpaired) electrons. The molecule has 0 saturated carbocycles. The van der Waals surface area contributed by atoms with Crippen molar-refractivity contribution in [3.8, 4) is 11.8 Å². The van der Waals surface area contributed by atoms with E-state index >= 15 is 0 Å². The summed E-state index contributed by atoms with van der Waals surface area (Å²) in [5, 5.41) is 18.1. The van der Waals surface area contributed by atoms with Crippen molar-refractivity contribution in [1.29, 1.82) is 5.26 Å². The van der Waals surface area contributed by atoms with Crippen LogP contribution in [0.4, 0.5) is 5.69 Å². The molecule has 1 unspecified atom stereocenters. The number of nitrogens with zero attached hydrogens (tertiary/aromatic N) is 2. The van der Waals surface area contributed by atoms with E-state index in [1.165, 1.54) is 17.0 Å². The molecule has 1 amide bonds. The number of rotatable bonds is 3. The summed E-state index contributed by atoms with van der Waals surface area (Å²) in [5.74, 6) is -0.746. The van der Waals surface area contributed by atoms with Crippen LogP contribution in [0.5, 0.6) is 5.75 Å². The SMILES string of the molecule is CC(C)C(C#N)C(=O)N(C)c1ccc(O)cc1. The lowest BCUT2D eigenvalue weighted by Gasteiger charge is -2.22. The van der Waals surface area contributed by atoms with Gasteiger partial charge in [0.2, 0.25) is 5.91 Å².